The molecule has 0 unspecified atom stereocenters. The van der Waals surface area contributed by atoms with Crippen molar-refractivity contribution in [3.63, 3.8) is 0 Å². The van der Waals surface area contributed by atoms with Crippen molar-refractivity contribution >= 4 is 21.7 Å². The Morgan fingerprint density at radius 2 is 2.17 bits per heavy atom. The van der Waals surface area contributed by atoms with Crippen LogP contribution in [0, 0.1) is 0 Å². The quantitative estimate of drug-likeness (QED) is 0.809. The number of ether oxygens (including phenoxy) is 1. The molecule has 0 amide bonds. The Morgan fingerprint density at radius 3 is 2.83 bits per heavy atom. The van der Waals surface area contributed by atoms with Crippen molar-refractivity contribution in [1.82, 2.24) is 15.0 Å². The van der Waals surface area contributed by atoms with Crippen LogP contribution in [0.15, 0.2) is 35.2 Å². The van der Waals surface area contributed by atoms with Crippen LogP contribution in [0.4, 0.5) is 0 Å². The molecule has 5 nitrogen and oxygen atoms in total. The van der Waals surface area contributed by atoms with Gasteiger partial charge in [-0.25, -0.2) is 9.97 Å². The summed E-state index contributed by atoms with van der Waals surface area (Å²) in [5, 5.41) is 0. The zero-order chi connectivity index (χ0) is 13.0. The topological polar surface area (TPSA) is 65.0 Å². The minimum atomic E-state index is -0.120. The molecule has 0 fully saturated rings. The molecule has 0 N–H and O–H groups in total. The minimum absolute atomic E-state index is 0.120. The number of pyridine rings is 1. The van der Waals surface area contributed by atoms with Crippen molar-refractivity contribution in [3.8, 4) is 5.88 Å². The van der Waals surface area contributed by atoms with Gasteiger partial charge in [0.25, 0.3) is 0 Å². The van der Waals surface area contributed by atoms with Crippen molar-refractivity contribution < 1.29 is 9.53 Å². The Balaban J connectivity index is 2.14. The Hall–Kier alpha value is -1.82. The predicted octanol–water partition coefficient (Wildman–Crippen LogP) is 2.07. The molecular formula is C12H10BrN3O2. The van der Waals surface area contributed by atoms with Gasteiger partial charge in [-0.3, -0.25) is 9.78 Å². The third kappa shape index (κ3) is 3.10. The first-order valence-electron chi connectivity index (χ1n) is 5.18. The first kappa shape index (κ1) is 12.6. The van der Waals surface area contributed by atoms with Crippen LogP contribution in [0.2, 0.25) is 0 Å². The van der Waals surface area contributed by atoms with Gasteiger partial charge in [-0.1, -0.05) is 0 Å². The Kier molecular flexibility index (Phi) is 3.99. The fraction of sp³-hybridized carbons (Fsp3) is 0.167. The Labute approximate surface area is 112 Å². The van der Waals surface area contributed by atoms with Gasteiger partial charge < -0.3 is 4.74 Å². The van der Waals surface area contributed by atoms with Gasteiger partial charge in [-0.05, 0) is 28.1 Å². The van der Waals surface area contributed by atoms with E-state index < -0.39 is 0 Å². The molecule has 2 heterocycles. The van der Waals surface area contributed by atoms with E-state index in [9.17, 15) is 4.79 Å². The molecule has 0 aliphatic rings. The number of aromatic nitrogens is 3. The summed E-state index contributed by atoms with van der Waals surface area (Å²) in [6.07, 6.45) is 3.16. The Bertz CT molecular complexity index is 558. The van der Waals surface area contributed by atoms with Gasteiger partial charge in [0.2, 0.25) is 5.88 Å². The zero-order valence-electron chi connectivity index (χ0n) is 9.63. The van der Waals surface area contributed by atoms with Gasteiger partial charge in [0.05, 0.1) is 13.5 Å². The van der Waals surface area contributed by atoms with E-state index >= 15 is 0 Å². The highest BCUT2D eigenvalue weighted by Crippen LogP contribution is 2.11. The molecular weight excluding hydrogens is 298 g/mol. The molecule has 0 saturated heterocycles. The molecule has 2 aromatic heterocycles. The minimum Gasteiger partial charge on any atom is -0.481 e. The van der Waals surface area contributed by atoms with Gasteiger partial charge in [-0.2, -0.15) is 0 Å². The monoisotopic (exact) mass is 307 g/mol. The van der Waals surface area contributed by atoms with Gasteiger partial charge in [-0.15, -0.1) is 0 Å². The van der Waals surface area contributed by atoms with Crippen molar-refractivity contribution in [2.45, 2.75) is 6.42 Å². The van der Waals surface area contributed by atoms with E-state index in [1.54, 1.807) is 12.3 Å². The second kappa shape index (κ2) is 5.68. The average molecular weight is 308 g/mol. The van der Waals surface area contributed by atoms with Crippen molar-refractivity contribution in [2.75, 3.05) is 7.11 Å². The van der Waals surface area contributed by atoms with Crippen LogP contribution in [-0.4, -0.2) is 27.8 Å². The van der Waals surface area contributed by atoms with Crippen LogP contribution in [0.3, 0.4) is 0 Å². The summed E-state index contributed by atoms with van der Waals surface area (Å²) in [5.41, 5.74) is 1.02. The number of carbonyl (C=O) groups is 1. The molecule has 0 aliphatic carbocycles. The second-order valence-electron chi connectivity index (χ2n) is 3.51. The number of carbonyl (C=O) groups excluding carboxylic acids is 1. The number of methoxy groups -OCH3 is 1. The number of halogens is 1. The molecule has 0 radical (unpaired) electrons. The summed E-state index contributed by atoms with van der Waals surface area (Å²) in [6, 6.07) is 5.15. The molecule has 0 bridgehead atoms. The highest BCUT2D eigenvalue weighted by Gasteiger charge is 2.10. The summed E-state index contributed by atoms with van der Waals surface area (Å²) in [4.78, 5) is 23.9. The lowest BCUT2D eigenvalue weighted by Gasteiger charge is -2.02. The van der Waals surface area contributed by atoms with Gasteiger partial charge >= 0.3 is 0 Å². The van der Waals surface area contributed by atoms with Crippen LogP contribution in [0.1, 0.15) is 16.2 Å². The average Bonchev–Trinajstić information content (AvgIpc) is 2.41. The summed E-state index contributed by atoms with van der Waals surface area (Å²) < 4.78 is 5.82. The number of hydrogen-bond acceptors (Lipinski definition) is 5. The molecule has 2 aromatic rings. The SMILES string of the molecule is COc1cc(C(=O)Cc2ccc(Br)cn2)ncn1. The van der Waals surface area contributed by atoms with Crippen LogP contribution in [-0.2, 0) is 6.42 Å². The van der Waals surface area contributed by atoms with Crippen LogP contribution >= 0.6 is 15.9 Å². The Morgan fingerprint density at radius 1 is 1.33 bits per heavy atom. The van der Waals surface area contributed by atoms with E-state index in [1.165, 1.54) is 19.5 Å². The highest BCUT2D eigenvalue weighted by molar-refractivity contribution is 9.10. The smallest absolute Gasteiger partial charge is 0.216 e. The molecule has 92 valence electrons. The van der Waals surface area contributed by atoms with Crippen LogP contribution in [0.5, 0.6) is 5.88 Å². The van der Waals surface area contributed by atoms with Crippen molar-refractivity contribution in [3.05, 3.63) is 46.6 Å². The molecule has 2 rings (SSSR count). The van der Waals surface area contributed by atoms with Gasteiger partial charge in [0, 0.05) is 22.4 Å². The summed E-state index contributed by atoms with van der Waals surface area (Å²) in [6.45, 7) is 0. The third-order valence-electron chi connectivity index (χ3n) is 2.27. The zero-order valence-corrected chi connectivity index (χ0v) is 11.2. The molecule has 0 atom stereocenters. The highest BCUT2D eigenvalue weighted by atomic mass is 79.9. The standard InChI is InChI=1S/C12H10BrN3O2/c1-18-12-5-10(15-7-16-12)11(17)4-9-3-2-8(13)6-14-9/h2-3,5-7H,4H2,1H3. The number of nitrogens with zero attached hydrogens (tertiary/aromatic N) is 3. The largest absolute Gasteiger partial charge is 0.481 e. The fourth-order valence-electron chi connectivity index (χ4n) is 1.37. The lowest BCUT2D eigenvalue weighted by atomic mass is 10.1. The van der Waals surface area contributed by atoms with Crippen molar-refractivity contribution in [2.24, 2.45) is 0 Å². The van der Waals surface area contributed by atoms with Crippen molar-refractivity contribution in [1.29, 1.82) is 0 Å². The molecule has 18 heavy (non-hydrogen) atoms. The normalized spacial score (nSPS) is 10.1. The summed E-state index contributed by atoms with van der Waals surface area (Å²) in [5.74, 6) is 0.252. The number of hydrogen-bond donors (Lipinski definition) is 0. The third-order valence-corrected chi connectivity index (χ3v) is 2.74. The molecule has 0 spiro atoms. The van der Waals surface area contributed by atoms with Crippen LogP contribution < -0.4 is 4.74 Å². The van der Waals surface area contributed by atoms with Gasteiger partial charge in [0.15, 0.2) is 5.78 Å². The lowest BCUT2D eigenvalue weighted by molar-refractivity contribution is 0.0986. The molecule has 6 heteroatoms. The maximum atomic E-state index is 12.0. The lowest BCUT2D eigenvalue weighted by Crippen LogP contribution is -2.08. The molecule has 0 saturated carbocycles. The molecule has 0 aromatic carbocycles. The number of ketones is 1. The first-order valence-corrected chi connectivity index (χ1v) is 5.98. The van der Waals surface area contributed by atoms with E-state index in [4.69, 9.17) is 4.74 Å². The van der Waals surface area contributed by atoms with E-state index in [0.717, 1.165) is 4.47 Å². The predicted molar refractivity (Wildman–Crippen MR) is 68.6 cm³/mol. The maximum absolute atomic E-state index is 12.0. The van der Waals surface area contributed by atoms with E-state index in [2.05, 4.69) is 30.9 Å². The van der Waals surface area contributed by atoms with Gasteiger partial charge in [0.1, 0.15) is 12.0 Å². The van der Waals surface area contributed by atoms with Crippen LogP contribution in [0.25, 0.3) is 0 Å². The van der Waals surface area contributed by atoms with E-state index in [0.29, 0.717) is 17.3 Å². The fourth-order valence-corrected chi connectivity index (χ4v) is 1.60. The summed E-state index contributed by atoms with van der Waals surface area (Å²) >= 11 is 3.29. The first-order chi connectivity index (χ1) is 8.69. The number of rotatable bonds is 4. The molecule has 0 aliphatic heterocycles. The van der Waals surface area contributed by atoms with E-state index in [1.807, 2.05) is 6.07 Å². The second-order valence-corrected chi connectivity index (χ2v) is 4.43. The maximum Gasteiger partial charge on any atom is 0.216 e. The number of Topliss-reactive ketones (excluding diaryl/α,β-unsaturated/α-hetero) is 1. The van der Waals surface area contributed by atoms with E-state index in [-0.39, 0.29) is 12.2 Å². The summed E-state index contributed by atoms with van der Waals surface area (Å²) in [7, 11) is 1.49.